The molecule has 0 bridgehead atoms. The van der Waals surface area contributed by atoms with Gasteiger partial charge in [-0.3, -0.25) is 0 Å². The van der Waals surface area contributed by atoms with Crippen molar-refractivity contribution in [3.05, 3.63) is 23.2 Å². The monoisotopic (exact) mass is 224 g/mol. The first-order valence-electron chi connectivity index (χ1n) is 5.49. The van der Waals surface area contributed by atoms with Gasteiger partial charge in [0.15, 0.2) is 0 Å². The average Bonchev–Trinajstić information content (AvgIpc) is 2.39. The lowest BCUT2D eigenvalue weighted by Crippen LogP contribution is -2.28. The van der Waals surface area contributed by atoms with Crippen LogP contribution in [0.2, 0.25) is 5.02 Å². The zero-order valence-electron chi connectivity index (χ0n) is 9.26. The van der Waals surface area contributed by atoms with Crippen LogP contribution < -0.4 is 10.2 Å². The molecule has 0 amide bonds. The van der Waals surface area contributed by atoms with Crippen molar-refractivity contribution in [2.45, 2.75) is 13.8 Å². The first kappa shape index (κ1) is 10.6. The van der Waals surface area contributed by atoms with Crippen LogP contribution in [0.15, 0.2) is 18.2 Å². The first-order valence-corrected chi connectivity index (χ1v) is 5.87. The van der Waals surface area contributed by atoms with Gasteiger partial charge in [0, 0.05) is 19.6 Å². The topological polar surface area (TPSA) is 15.3 Å². The number of rotatable bonds is 1. The second kappa shape index (κ2) is 4.31. The van der Waals surface area contributed by atoms with Crippen molar-refractivity contribution < 1.29 is 0 Å². The Kier molecular flexibility index (Phi) is 3.06. The number of hydrogen-bond acceptors (Lipinski definition) is 2. The van der Waals surface area contributed by atoms with Crippen LogP contribution in [-0.2, 0) is 0 Å². The predicted octanol–water partition coefficient (Wildman–Crippen LogP) is 3.23. The maximum atomic E-state index is 6.25. The smallest absolute Gasteiger partial charge is 0.0791 e. The van der Waals surface area contributed by atoms with E-state index in [-0.39, 0.29) is 0 Å². The summed E-state index contributed by atoms with van der Waals surface area (Å²) >= 11 is 6.25. The zero-order valence-corrected chi connectivity index (χ0v) is 10.0. The maximum Gasteiger partial charge on any atom is 0.0791 e. The van der Waals surface area contributed by atoms with Crippen LogP contribution in [0.3, 0.4) is 0 Å². The van der Waals surface area contributed by atoms with E-state index in [9.17, 15) is 0 Å². The fraction of sp³-hybridized carbons (Fsp3) is 0.500. The summed E-state index contributed by atoms with van der Waals surface area (Å²) < 4.78 is 0. The summed E-state index contributed by atoms with van der Waals surface area (Å²) in [7, 11) is 0. The van der Waals surface area contributed by atoms with Crippen molar-refractivity contribution in [1.82, 2.24) is 0 Å². The quantitative estimate of drug-likeness (QED) is 0.788. The van der Waals surface area contributed by atoms with E-state index in [4.69, 9.17) is 11.6 Å². The third kappa shape index (κ3) is 2.05. The third-order valence-electron chi connectivity index (χ3n) is 2.86. The van der Waals surface area contributed by atoms with Crippen LogP contribution in [0.1, 0.15) is 13.8 Å². The Bertz CT molecular complexity index is 351. The molecule has 0 radical (unpaired) electrons. The lowest BCUT2D eigenvalue weighted by Gasteiger charge is -2.25. The van der Waals surface area contributed by atoms with Gasteiger partial charge in [0.1, 0.15) is 0 Å². The van der Waals surface area contributed by atoms with Crippen molar-refractivity contribution in [2.75, 3.05) is 29.9 Å². The number of nitrogens with zero attached hydrogens (tertiary/aromatic N) is 1. The van der Waals surface area contributed by atoms with Gasteiger partial charge in [-0.05, 0) is 25.0 Å². The van der Waals surface area contributed by atoms with E-state index in [0.717, 1.165) is 36.0 Å². The molecule has 1 aliphatic heterocycles. The molecule has 0 fully saturated rings. The number of fused-ring (bicyclic) bond motifs is 1. The van der Waals surface area contributed by atoms with Crippen LogP contribution >= 0.6 is 11.6 Å². The number of anilines is 2. The van der Waals surface area contributed by atoms with Crippen LogP contribution in [0, 0.1) is 5.92 Å². The minimum Gasteiger partial charge on any atom is -0.383 e. The highest BCUT2D eigenvalue weighted by molar-refractivity contribution is 6.34. The van der Waals surface area contributed by atoms with Crippen molar-refractivity contribution in [3.8, 4) is 0 Å². The summed E-state index contributed by atoms with van der Waals surface area (Å²) in [6.45, 7) is 7.52. The Morgan fingerprint density at radius 3 is 3.07 bits per heavy atom. The van der Waals surface area contributed by atoms with Gasteiger partial charge in [0.25, 0.3) is 0 Å². The first-order chi connectivity index (χ1) is 7.22. The minimum absolute atomic E-state index is 0.647. The van der Waals surface area contributed by atoms with Crippen molar-refractivity contribution in [2.24, 2.45) is 5.92 Å². The molecule has 82 valence electrons. The van der Waals surface area contributed by atoms with Gasteiger partial charge in [-0.25, -0.2) is 0 Å². The molecule has 1 aromatic rings. The summed E-state index contributed by atoms with van der Waals surface area (Å²) in [4.78, 5) is 2.35. The van der Waals surface area contributed by atoms with E-state index in [0.29, 0.717) is 5.92 Å². The molecule has 0 saturated carbocycles. The molecular formula is C12H17ClN2. The van der Waals surface area contributed by atoms with Crippen LogP contribution in [0.4, 0.5) is 11.4 Å². The number of para-hydroxylation sites is 1. The number of benzene rings is 1. The normalized spacial score (nSPS) is 20.5. The fourth-order valence-corrected chi connectivity index (χ4v) is 2.38. The second-order valence-electron chi connectivity index (χ2n) is 4.16. The highest BCUT2D eigenvalue weighted by Crippen LogP contribution is 2.35. The van der Waals surface area contributed by atoms with Gasteiger partial charge in [0.05, 0.1) is 16.4 Å². The van der Waals surface area contributed by atoms with Crippen LogP contribution in [-0.4, -0.2) is 19.6 Å². The van der Waals surface area contributed by atoms with Gasteiger partial charge in [-0.15, -0.1) is 0 Å². The summed E-state index contributed by atoms with van der Waals surface area (Å²) in [6, 6.07) is 6.06. The highest BCUT2D eigenvalue weighted by Gasteiger charge is 2.19. The predicted molar refractivity (Wildman–Crippen MR) is 67.0 cm³/mol. The Morgan fingerprint density at radius 1 is 1.53 bits per heavy atom. The molecule has 1 aromatic carbocycles. The molecule has 15 heavy (non-hydrogen) atoms. The van der Waals surface area contributed by atoms with E-state index in [1.54, 1.807) is 0 Å². The van der Waals surface area contributed by atoms with Gasteiger partial charge in [-0.1, -0.05) is 24.6 Å². The van der Waals surface area contributed by atoms with E-state index in [2.05, 4.69) is 30.1 Å². The van der Waals surface area contributed by atoms with Crippen molar-refractivity contribution >= 4 is 23.0 Å². The molecule has 0 aromatic heterocycles. The Hall–Kier alpha value is -0.890. The SMILES string of the molecule is CCN1CC(C)CNc2cccc(Cl)c21. The summed E-state index contributed by atoms with van der Waals surface area (Å²) in [5.74, 6) is 0.647. The second-order valence-corrected chi connectivity index (χ2v) is 4.57. The lowest BCUT2D eigenvalue weighted by atomic mass is 10.2. The van der Waals surface area contributed by atoms with Gasteiger partial charge in [0.2, 0.25) is 0 Å². The van der Waals surface area contributed by atoms with Crippen molar-refractivity contribution in [3.63, 3.8) is 0 Å². The molecule has 1 N–H and O–H groups in total. The summed E-state index contributed by atoms with van der Waals surface area (Å²) in [5, 5.41) is 4.30. The molecule has 0 saturated heterocycles. The number of halogens is 1. The Morgan fingerprint density at radius 2 is 2.33 bits per heavy atom. The van der Waals surface area contributed by atoms with Crippen LogP contribution in [0.25, 0.3) is 0 Å². The lowest BCUT2D eigenvalue weighted by molar-refractivity contribution is 0.602. The zero-order chi connectivity index (χ0) is 10.8. The third-order valence-corrected chi connectivity index (χ3v) is 3.16. The van der Waals surface area contributed by atoms with Gasteiger partial charge in [-0.2, -0.15) is 0 Å². The van der Waals surface area contributed by atoms with Crippen LogP contribution in [0.5, 0.6) is 0 Å². The minimum atomic E-state index is 0.647. The molecule has 1 unspecified atom stereocenters. The Labute approximate surface area is 96.2 Å². The molecule has 1 heterocycles. The standard InChI is InChI=1S/C12H17ClN2/c1-3-15-8-9(2)7-14-11-6-4-5-10(13)12(11)15/h4-6,9,14H,3,7-8H2,1-2H3. The van der Waals surface area contributed by atoms with Crippen molar-refractivity contribution in [1.29, 1.82) is 0 Å². The molecule has 0 spiro atoms. The van der Waals surface area contributed by atoms with E-state index in [1.807, 2.05) is 12.1 Å². The average molecular weight is 225 g/mol. The van der Waals surface area contributed by atoms with Gasteiger partial charge < -0.3 is 10.2 Å². The number of hydrogen-bond donors (Lipinski definition) is 1. The van der Waals surface area contributed by atoms with E-state index < -0.39 is 0 Å². The Balaban J connectivity index is 2.44. The fourth-order valence-electron chi connectivity index (χ4n) is 2.08. The molecule has 1 aliphatic rings. The van der Waals surface area contributed by atoms with E-state index in [1.165, 1.54) is 0 Å². The molecule has 0 aliphatic carbocycles. The van der Waals surface area contributed by atoms with Gasteiger partial charge >= 0.3 is 0 Å². The summed E-state index contributed by atoms with van der Waals surface area (Å²) in [5.41, 5.74) is 2.32. The number of nitrogens with one attached hydrogen (secondary N) is 1. The highest BCUT2D eigenvalue weighted by atomic mass is 35.5. The molecule has 3 heteroatoms. The molecule has 2 rings (SSSR count). The maximum absolute atomic E-state index is 6.25. The molecular weight excluding hydrogens is 208 g/mol. The summed E-state index contributed by atoms with van der Waals surface area (Å²) in [6.07, 6.45) is 0. The largest absolute Gasteiger partial charge is 0.383 e. The molecule has 2 nitrogen and oxygen atoms in total. The molecule has 1 atom stereocenters. The van der Waals surface area contributed by atoms with E-state index >= 15 is 0 Å².